The lowest BCUT2D eigenvalue weighted by molar-refractivity contribution is -0.210. The molecule has 6 N–H and O–H groups in total. The number of rotatable bonds is 7. The summed E-state index contributed by atoms with van der Waals surface area (Å²) in [5.41, 5.74) is 0. The molecule has 100 valence electrons. The third-order valence-corrected chi connectivity index (χ3v) is 1.98. The van der Waals surface area contributed by atoms with Gasteiger partial charge in [0.2, 0.25) is 6.29 Å². The lowest BCUT2D eigenvalue weighted by Gasteiger charge is -2.27. The molecule has 0 saturated carbocycles. The number of hydrogen-bond acceptors (Lipinski definition) is 8. The zero-order valence-corrected chi connectivity index (χ0v) is 8.88. The van der Waals surface area contributed by atoms with Crippen LogP contribution in [-0.4, -0.2) is 73.9 Å². The molecule has 1 unspecified atom stereocenters. The first-order valence-electron chi connectivity index (χ1n) is 4.69. The third kappa shape index (κ3) is 4.77. The van der Waals surface area contributed by atoms with Gasteiger partial charge in [0.1, 0.15) is 24.4 Å². The summed E-state index contributed by atoms with van der Waals surface area (Å²) in [4.78, 5) is 10.7. The molecule has 0 fully saturated rings. The van der Waals surface area contributed by atoms with Gasteiger partial charge in [0.15, 0.2) is 0 Å². The molecular weight excluding hydrogens is 236 g/mol. The molecule has 0 amide bonds. The van der Waals surface area contributed by atoms with Crippen molar-refractivity contribution in [1.82, 2.24) is 0 Å². The van der Waals surface area contributed by atoms with Gasteiger partial charge in [-0.2, -0.15) is 0 Å². The minimum absolute atomic E-state index is 0.724. The van der Waals surface area contributed by atoms with Gasteiger partial charge in [0.25, 0.3) is 0 Å². The molecule has 0 saturated heterocycles. The van der Waals surface area contributed by atoms with E-state index < -0.39 is 43.3 Å². The summed E-state index contributed by atoms with van der Waals surface area (Å²) < 4.78 is 4.18. The van der Waals surface area contributed by atoms with Crippen molar-refractivity contribution in [1.29, 1.82) is 0 Å². The Kier molecular flexibility index (Phi) is 6.88. The standard InChI is InChI=1S/C9H16O8/c1-2-5(12)17-9(16)8(15)7(14)6(13)4(11)3-10/h2,4,6-11,13-16H,1,3H2/t4-,6-,7-,8-,9?/m1/s1. The topological polar surface area (TPSA) is 148 Å². The van der Waals surface area contributed by atoms with Gasteiger partial charge in [-0.25, -0.2) is 4.79 Å². The molecule has 0 aliphatic carbocycles. The Bertz CT molecular complexity index is 255. The van der Waals surface area contributed by atoms with Crippen molar-refractivity contribution < 1.29 is 40.2 Å². The number of hydrogen-bond donors (Lipinski definition) is 6. The highest BCUT2D eigenvalue weighted by Crippen LogP contribution is 2.09. The molecule has 17 heavy (non-hydrogen) atoms. The van der Waals surface area contributed by atoms with E-state index in [1.54, 1.807) is 0 Å². The minimum atomic E-state index is -2.10. The average molecular weight is 252 g/mol. The van der Waals surface area contributed by atoms with Gasteiger partial charge in [-0.1, -0.05) is 6.58 Å². The van der Waals surface area contributed by atoms with Crippen LogP contribution in [0.25, 0.3) is 0 Å². The average Bonchev–Trinajstić information content (AvgIpc) is 2.34. The summed E-state index contributed by atoms with van der Waals surface area (Å²) in [7, 11) is 0. The van der Waals surface area contributed by atoms with Crippen molar-refractivity contribution in [3.63, 3.8) is 0 Å². The molecule has 0 heterocycles. The molecule has 0 spiro atoms. The first-order chi connectivity index (χ1) is 7.84. The van der Waals surface area contributed by atoms with Crippen LogP contribution in [0.1, 0.15) is 0 Å². The maximum absolute atomic E-state index is 10.7. The smallest absolute Gasteiger partial charge is 0.332 e. The van der Waals surface area contributed by atoms with E-state index >= 15 is 0 Å². The van der Waals surface area contributed by atoms with E-state index in [0.717, 1.165) is 6.08 Å². The Morgan fingerprint density at radius 1 is 1.12 bits per heavy atom. The van der Waals surface area contributed by atoms with Gasteiger partial charge in [-0.3, -0.25) is 0 Å². The third-order valence-electron chi connectivity index (χ3n) is 1.98. The molecule has 0 aliphatic rings. The van der Waals surface area contributed by atoms with Crippen LogP contribution >= 0.6 is 0 Å². The molecule has 8 heteroatoms. The van der Waals surface area contributed by atoms with Crippen LogP contribution in [0.4, 0.5) is 0 Å². The van der Waals surface area contributed by atoms with Crippen LogP contribution in [0.5, 0.6) is 0 Å². The minimum Gasteiger partial charge on any atom is -0.430 e. The first kappa shape index (κ1) is 16.0. The predicted molar refractivity (Wildman–Crippen MR) is 53.4 cm³/mol. The summed E-state index contributed by atoms with van der Waals surface area (Å²) in [5.74, 6) is -1.04. The van der Waals surface area contributed by atoms with Gasteiger partial charge in [0.05, 0.1) is 6.61 Å². The van der Waals surface area contributed by atoms with Crippen LogP contribution in [0.2, 0.25) is 0 Å². The van der Waals surface area contributed by atoms with Crippen molar-refractivity contribution in [3.05, 3.63) is 12.7 Å². The molecule has 0 aromatic heterocycles. The van der Waals surface area contributed by atoms with E-state index in [-0.39, 0.29) is 0 Å². The molecule has 0 aromatic rings. The quantitative estimate of drug-likeness (QED) is 0.155. The van der Waals surface area contributed by atoms with E-state index in [4.69, 9.17) is 15.3 Å². The van der Waals surface area contributed by atoms with E-state index in [2.05, 4.69) is 11.3 Å². The van der Waals surface area contributed by atoms with Gasteiger partial charge < -0.3 is 35.4 Å². The van der Waals surface area contributed by atoms with Gasteiger partial charge in [0, 0.05) is 6.08 Å². The van der Waals surface area contributed by atoms with Crippen molar-refractivity contribution in [3.8, 4) is 0 Å². The molecule has 8 nitrogen and oxygen atoms in total. The van der Waals surface area contributed by atoms with E-state index in [9.17, 15) is 20.1 Å². The Balaban J connectivity index is 4.42. The first-order valence-corrected chi connectivity index (χ1v) is 4.69. The molecule has 5 atom stereocenters. The number of aliphatic hydroxyl groups is 6. The largest absolute Gasteiger partial charge is 0.430 e. The highest BCUT2D eigenvalue weighted by Gasteiger charge is 2.35. The monoisotopic (exact) mass is 252 g/mol. The Hall–Kier alpha value is -1.03. The number of aliphatic hydroxyl groups excluding tert-OH is 6. The fourth-order valence-corrected chi connectivity index (χ4v) is 0.943. The number of carbonyl (C=O) groups excluding carboxylic acids is 1. The maximum atomic E-state index is 10.7. The highest BCUT2D eigenvalue weighted by atomic mass is 16.6. The number of ether oxygens (including phenoxy) is 1. The molecule has 0 rings (SSSR count). The van der Waals surface area contributed by atoms with Crippen molar-refractivity contribution >= 4 is 5.97 Å². The normalized spacial score (nSPS) is 19.9. The SMILES string of the molecule is C=CC(=O)OC(O)[C@H](O)[C@H](O)[C@H](O)[C@H](O)CO. The number of esters is 1. The van der Waals surface area contributed by atoms with Crippen LogP contribution in [0.15, 0.2) is 12.7 Å². The van der Waals surface area contributed by atoms with Crippen LogP contribution < -0.4 is 0 Å². The molecule has 0 aromatic carbocycles. The summed E-state index contributed by atoms with van der Waals surface area (Å²) in [6.07, 6.45) is -9.05. The Labute approximate surface area is 97.0 Å². The van der Waals surface area contributed by atoms with E-state index in [1.807, 2.05) is 0 Å². The second-order valence-corrected chi connectivity index (χ2v) is 3.25. The van der Waals surface area contributed by atoms with Crippen molar-refractivity contribution in [2.75, 3.05) is 6.61 Å². The summed E-state index contributed by atoms with van der Waals surface area (Å²) >= 11 is 0. The second kappa shape index (κ2) is 7.33. The van der Waals surface area contributed by atoms with Crippen LogP contribution in [0.3, 0.4) is 0 Å². The molecule has 0 bridgehead atoms. The van der Waals surface area contributed by atoms with E-state index in [0.29, 0.717) is 0 Å². The summed E-state index contributed by atoms with van der Waals surface area (Å²) in [5, 5.41) is 54.4. The highest BCUT2D eigenvalue weighted by molar-refractivity contribution is 5.81. The fourth-order valence-electron chi connectivity index (χ4n) is 0.943. The number of carbonyl (C=O) groups is 1. The molecular formula is C9H16O8. The van der Waals surface area contributed by atoms with Crippen LogP contribution in [0, 0.1) is 0 Å². The zero-order chi connectivity index (χ0) is 13.6. The van der Waals surface area contributed by atoms with Gasteiger partial charge >= 0.3 is 5.97 Å². The lowest BCUT2D eigenvalue weighted by atomic mass is 10.0. The Morgan fingerprint density at radius 2 is 1.65 bits per heavy atom. The summed E-state index contributed by atoms with van der Waals surface area (Å²) in [6, 6.07) is 0. The lowest BCUT2D eigenvalue weighted by Crippen LogP contribution is -2.50. The zero-order valence-electron chi connectivity index (χ0n) is 8.88. The predicted octanol–water partition coefficient (Wildman–Crippen LogP) is -3.53. The molecule has 0 radical (unpaired) electrons. The fraction of sp³-hybridized carbons (Fsp3) is 0.667. The van der Waals surface area contributed by atoms with Crippen molar-refractivity contribution in [2.24, 2.45) is 0 Å². The maximum Gasteiger partial charge on any atom is 0.332 e. The van der Waals surface area contributed by atoms with Crippen LogP contribution in [-0.2, 0) is 9.53 Å². The van der Waals surface area contributed by atoms with E-state index in [1.165, 1.54) is 0 Å². The molecule has 0 aliphatic heterocycles. The Morgan fingerprint density at radius 3 is 2.06 bits per heavy atom. The second-order valence-electron chi connectivity index (χ2n) is 3.25. The van der Waals surface area contributed by atoms with Gasteiger partial charge in [-0.05, 0) is 0 Å². The van der Waals surface area contributed by atoms with Gasteiger partial charge in [-0.15, -0.1) is 0 Å². The summed E-state index contributed by atoms with van der Waals surface area (Å²) in [6.45, 7) is 2.19. The van der Waals surface area contributed by atoms with Crippen molar-refractivity contribution in [2.45, 2.75) is 30.7 Å².